The molecule has 0 unspecified atom stereocenters. The largest absolute Gasteiger partial charge is 0.492 e. The van der Waals surface area contributed by atoms with Crippen LogP contribution in [0.5, 0.6) is 11.5 Å². The first-order valence-electron chi connectivity index (χ1n) is 9.71. The first-order valence-corrected chi connectivity index (χ1v) is 10.6. The Bertz CT molecular complexity index is 1160. The Kier molecular flexibility index (Phi) is 6.25. The monoisotopic (exact) mass is 418 g/mol. The fourth-order valence-corrected chi connectivity index (χ4v) is 3.65. The molecule has 0 spiro atoms. The minimum Gasteiger partial charge on any atom is -0.492 e. The molecule has 1 amide bonds. The molecule has 152 valence electrons. The van der Waals surface area contributed by atoms with Gasteiger partial charge in [0.2, 0.25) is 0 Å². The highest BCUT2D eigenvalue weighted by Crippen LogP contribution is 2.20. The van der Waals surface area contributed by atoms with Gasteiger partial charge in [-0.2, -0.15) is 0 Å². The molecule has 5 nitrogen and oxygen atoms in total. The van der Waals surface area contributed by atoms with Crippen molar-refractivity contribution in [3.05, 3.63) is 88.4 Å². The number of aryl methyl sites for hydroxylation is 1. The summed E-state index contributed by atoms with van der Waals surface area (Å²) in [6, 6.07) is 21.2. The van der Waals surface area contributed by atoms with Gasteiger partial charge in [-0.3, -0.25) is 4.79 Å². The van der Waals surface area contributed by atoms with Crippen molar-refractivity contribution in [3.63, 3.8) is 0 Å². The zero-order valence-corrected chi connectivity index (χ0v) is 17.4. The second-order valence-electron chi connectivity index (χ2n) is 6.79. The Morgan fingerprint density at radius 3 is 2.63 bits per heavy atom. The second kappa shape index (κ2) is 9.41. The number of hydrogen-bond acceptors (Lipinski definition) is 5. The number of hydrogen-bond donors (Lipinski definition) is 1. The summed E-state index contributed by atoms with van der Waals surface area (Å²) in [5, 5.41) is 8.16. The number of fused-ring (bicyclic) bond motifs is 1. The van der Waals surface area contributed by atoms with E-state index in [0.29, 0.717) is 31.1 Å². The highest BCUT2D eigenvalue weighted by molar-refractivity contribution is 7.09. The van der Waals surface area contributed by atoms with Gasteiger partial charge >= 0.3 is 0 Å². The fraction of sp³-hybridized carbons (Fsp3) is 0.167. The molecule has 0 aliphatic rings. The van der Waals surface area contributed by atoms with E-state index in [2.05, 4.69) is 22.4 Å². The van der Waals surface area contributed by atoms with E-state index in [0.717, 1.165) is 21.8 Å². The van der Waals surface area contributed by atoms with Gasteiger partial charge in [-0.25, -0.2) is 4.98 Å². The maximum Gasteiger partial charge on any atom is 0.251 e. The summed E-state index contributed by atoms with van der Waals surface area (Å²) in [6.07, 6.45) is 0. The van der Waals surface area contributed by atoms with Crippen LogP contribution in [0.2, 0.25) is 0 Å². The van der Waals surface area contributed by atoms with E-state index in [1.54, 1.807) is 23.5 Å². The summed E-state index contributed by atoms with van der Waals surface area (Å²) >= 11 is 1.59. The van der Waals surface area contributed by atoms with Crippen LogP contribution in [0.1, 0.15) is 21.1 Å². The van der Waals surface area contributed by atoms with Gasteiger partial charge in [0, 0.05) is 10.9 Å². The van der Waals surface area contributed by atoms with Crippen LogP contribution in [-0.4, -0.2) is 24.0 Å². The predicted molar refractivity (Wildman–Crippen MR) is 119 cm³/mol. The first kappa shape index (κ1) is 19.9. The quantitative estimate of drug-likeness (QED) is 0.410. The van der Waals surface area contributed by atoms with Gasteiger partial charge in [-0.1, -0.05) is 36.4 Å². The van der Waals surface area contributed by atoms with Crippen molar-refractivity contribution in [2.75, 3.05) is 13.2 Å². The second-order valence-corrected chi connectivity index (χ2v) is 7.85. The SMILES string of the molecule is Cc1nc(COc2cccc(C(=O)NCCOc3ccc4ccccc4c3)c2)cs1. The molecule has 0 fully saturated rings. The molecule has 3 aromatic carbocycles. The topological polar surface area (TPSA) is 60.5 Å². The van der Waals surface area contributed by atoms with Gasteiger partial charge in [0.05, 0.1) is 17.2 Å². The average Bonchev–Trinajstić information content (AvgIpc) is 3.20. The molecule has 1 aromatic heterocycles. The Labute approximate surface area is 179 Å². The van der Waals surface area contributed by atoms with E-state index in [1.807, 2.05) is 54.8 Å². The number of thiazole rings is 1. The van der Waals surface area contributed by atoms with E-state index in [1.165, 1.54) is 5.39 Å². The van der Waals surface area contributed by atoms with Crippen molar-refractivity contribution in [1.29, 1.82) is 0 Å². The fourth-order valence-electron chi connectivity index (χ4n) is 3.05. The Balaban J connectivity index is 1.26. The van der Waals surface area contributed by atoms with Crippen LogP contribution in [0.15, 0.2) is 72.1 Å². The number of ether oxygens (including phenoxy) is 2. The number of benzene rings is 3. The number of amides is 1. The highest BCUT2D eigenvalue weighted by atomic mass is 32.1. The van der Waals surface area contributed by atoms with Gasteiger partial charge in [-0.15, -0.1) is 11.3 Å². The Morgan fingerprint density at radius 1 is 0.967 bits per heavy atom. The molecule has 0 saturated heterocycles. The third-order valence-electron chi connectivity index (χ3n) is 4.53. The molecule has 0 radical (unpaired) electrons. The van der Waals surface area contributed by atoms with Gasteiger partial charge in [0.1, 0.15) is 24.7 Å². The lowest BCUT2D eigenvalue weighted by Gasteiger charge is -2.10. The molecular weight excluding hydrogens is 396 g/mol. The molecule has 0 saturated carbocycles. The molecule has 1 N–H and O–H groups in total. The van der Waals surface area contributed by atoms with E-state index in [9.17, 15) is 4.79 Å². The molecule has 0 atom stereocenters. The third-order valence-corrected chi connectivity index (χ3v) is 5.35. The summed E-state index contributed by atoms with van der Waals surface area (Å²) in [5.41, 5.74) is 1.44. The summed E-state index contributed by atoms with van der Waals surface area (Å²) in [7, 11) is 0. The molecule has 0 aliphatic heterocycles. The predicted octanol–water partition coefficient (Wildman–Crippen LogP) is 4.99. The third kappa shape index (κ3) is 5.15. The van der Waals surface area contributed by atoms with Crippen LogP contribution in [-0.2, 0) is 6.61 Å². The zero-order valence-electron chi connectivity index (χ0n) is 16.6. The molecule has 4 aromatic rings. The van der Waals surface area contributed by atoms with Crippen LogP contribution < -0.4 is 14.8 Å². The van der Waals surface area contributed by atoms with Gasteiger partial charge < -0.3 is 14.8 Å². The first-order chi connectivity index (χ1) is 14.7. The number of aromatic nitrogens is 1. The lowest BCUT2D eigenvalue weighted by molar-refractivity contribution is 0.0946. The van der Waals surface area contributed by atoms with Gasteiger partial charge in [-0.05, 0) is 48.0 Å². The summed E-state index contributed by atoms with van der Waals surface area (Å²) in [5.74, 6) is 1.27. The Morgan fingerprint density at radius 2 is 1.80 bits per heavy atom. The normalized spacial score (nSPS) is 10.7. The van der Waals surface area contributed by atoms with Crippen LogP contribution in [0.4, 0.5) is 0 Å². The molecular formula is C24H22N2O3S. The molecule has 0 aliphatic carbocycles. The molecule has 0 bridgehead atoms. The number of nitrogens with zero attached hydrogens (tertiary/aromatic N) is 1. The summed E-state index contributed by atoms with van der Waals surface area (Å²) in [4.78, 5) is 16.8. The van der Waals surface area contributed by atoms with Gasteiger partial charge in [0.25, 0.3) is 5.91 Å². The van der Waals surface area contributed by atoms with Crippen LogP contribution in [0.3, 0.4) is 0 Å². The standard InChI is InChI=1S/C24H22N2O3S/c1-17-26-21(16-30-17)15-29-22-8-4-7-20(14-22)24(27)25-11-12-28-23-10-9-18-5-2-3-6-19(18)13-23/h2-10,13-14,16H,11-12,15H2,1H3,(H,25,27). The van der Waals surface area contributed by atoms with Crippen LogP contribution in [0.25, 0.3) is 10.8 Å². The number of rotatable bonds is 8. The van der Waals surface area contributed by atoms with E-state index >= 15 is 0 Å². The molecule has 30 heavy (non-hydrogen) atoms. The number of nitrogens with one attached hydrogen (secondary N) is 1. The van der Waals surface area contributed by atoms with E-state index in [4.69, 9.17) is 9.47 Å². The molecule has 1 heterocycles. The molecule has 4 rings (SSSR count). The van der Waals surface area contributed by atoms with E-state index in [-0.39, 0.29) is 5.91 Å². The van der Waals surface area contributed by atoms with Crippen molar-refractivity contribution in [3.8, 4) is 11.5 Å². The highest BCUT2D eigenvalue weighted by Gasteiger charge is 2.07. The maximum atomic E-state index is 12.4. The van der Waals surface area contributed by atoms with Gasteiger partial charge in [0.15, 0.2) is 0 Å². The minimum absolute atomic E-state index is 0.160. The Hall–Kier alpha value is -3.38. The average molecular weight is 419 g/mol. The lowest BCUT2D eigenvalue weighted by Crippen LogP contribution is -2.28. The minimum atomic E-state index is -0.160. The lowest BCUT2D eigenvalue weighted by atomic mass is 10.1. The zero-order chi connectivity index (χ0) is 20.8. The number of carbonyl (C=O) groups is 1. The van der Waals surface area contributed by atoms with Crippen molar-refractivity contribution in [2.24, 2.45) is 0 Å². The van der Waals surface area contributed by atoms with E-state index < -0.39 is 0 Å². The van der Waals surface area contributed by atoms with Crippen molar-refractivity contribution >= 4 is 28.0 Å². The van der Waals surface area contributed by atoms with Crippen LogP contribution in [0, 0.1) is 6.92 Å². The number of carbonyl (C=O) groups excluding carboxylic acids is 1. The summed E-state index contributed by atoms with van der Waals surface area (Å²) < 4.78 is 11.5. The van der Waals surface area contributed by atoms with Crippen LogP contribution >= 0.6 is 11.3 Å². The van der Waals surface area contributed by atoms with Crippen molar-refractivity contribution < 1.29 is 14.3 Å². The van der Waals surface area contributed by atoms with Crippen molar-refractivity contribution in [2.45, 2.75) is 13.5 Å². The summed E-state index contributed by atoms with van der Waals surface area (Å²) in [6.45, 7) is 3.15. The molecule has 6 heteroatoms. The smallest absolute Gasteiger partial charge is 0.251 e. The maximum absolute atomic E-state index is 12.4. The van der Waals surface area contributed by atoms with Crippen molar-refractivity contribution in [1.82, 2.24) is 10.3 Å².